The fourth-order valence-corrected chi connectivity index (χ4v) is 10.0. The Morgan fingerprint density at radius 3 is 2.34 bits per heavy atom. The fraction of sp³-hybridized carbons (Fsp3) is 0.673. The van der Waals surface area contributed by atoms with Crippen molar-refractivity contribution in [2.24, 2.45) is 44.6 Å². The lowest BCUT2D eigenvalue weighted by Gasteiger charge is -2.33. The highest BCUT2D eigenvalue weighted by Gasteiger charge is 2.50. The third-order valence-corrected chi connectivity index (χ3v) is 13.6. The number of rotatable bonds is 19. The number of likely N-dealkylation sites (tertiary alicyclic amines) is 1. The Morgan fingerprint density at radius 2 is 1.63 bits per heavy atom. The smallest absolute Gasteiger partial charge is 0.305 e. The van der Waals surface area contributed by atoms with Gasteiger partial charge in [-0.25, -0.2) is 0 Å². The molecule has 8 bridgehead atoms. The second-order valence-electron chi connectivity index (χ2n) is 17.7. The highest BCUT2D eigenvalue weighted by Crippen LogP contribution is 2.45. The van der Waals surface area contributed by atoms with Crippen LogP contribution in [0.1, 0.15) is 152 Å². The van der Waals surface area contributed by atoms with Crippen molar-refractivity contribution in [1.82, 2.24) is 10.2 Å². The van der Waals surface area contributed by atoms with Gasteiger partial charge in [0.2, 0.25) is 5.91 Å². The van der Waals surface area contributed by atoms with Gasteiger partial charge in [0.15, 0.2) is 0 Å². The lowest BCUT2D eigenvalue weighted by molar-refractivity contribution is -0.145. The summed E-state index contributed by atoms with van der Waals surface area (Å²) in [5, 5.41) is 3.76. The fourth-order valence-electron chi connectivity index (χ4n) is 10.0. The number of ether oxygens (including phenoxy) is 2. The molecule has 6 aliphatic heterocycles. The zero-order chi connectivity index (χ0) is 42.4. The normalized spacial score (nSPS) is 26.9. The van der Waals surface area contributed by atoms with Gasteiger partial charge in [-0.05, 0) is 76.2 Å². The molecule has 7 atom stereocenters. The molecule has 10 nitrogen and oxygen atoms in total. The van der Waals surface area contributed by atoms with Crippen LogP contribution < -0.4 is 5.32 Å². The van der Waals surface area contributed by atoms with E-state index >= 15 is 0 Å². The molecule has 0 aliphatic carbocycles. The topological polar surface area (TPSA) is 122 Å². The number of esters is 1. The summed E-state index contributed by atoms with van der Waals surface area (Å²) in [6, 6.07) is -0.229. The Labute approximate surface area is 353 Å². The second-order valence-corrected chi connectivity index (χ2v) is 17.7. The number of hydrogen-bond donors (Lipinski definition) is 1. The summed E-state index contributed by atoms with van der Waals surface area (Å²) in [4.78, 5) is 59.9. The minimum atomic E-state index is -0.658. The third kappa shape index (κ3) is 9.38. The van der Waals surface area contributed by atoms with Crippen LogP contribution in [0.5, 0.6) is 0 Å². The number of hydrogen-bond acceptors (Lipinski definition) is 9. The molecule has 0 radical (unpaired) electrons. The molecule has 0 aromatic heterocycles. The van der Waals surface area contributed by atoms with E-state index in [4.69, 9.17) is 24.5 Å². The van der Waals surface area contributed by atoms with Crippen LogP contribution in [0.2, 0.25) is 0 Å². The van der Waals surface area contributed by atoms with Gasteiger partial charge in [0, 0.05) is 83.8 Å². The highest BCUT2D eigenvalue weighted by molar-refractivity contribution is 6.36. The summed E-state index contributed by atoms with van der Waals surface area (Å²) >= 11 is 0. The minimum absolute atomic E-state index is 0.0651. The summed E-state index contributed by atoms with van der Waals surface area (Å²) < 4.78 is 12.1. The van der Waals surface area contributed by atoms with Gasteiger partial charge in [-0.1, -0.05) is 86.5 Å². The maximum Gasteiger partial charge on any atom is 0.305 e. The predicted molar refractivity (Wildman–Crippen MR) is 237 cm³/mol. The molecule has 0 aromatic rings. The number of aliphatic imine (C=N–C) groups is 3. The monoisotopic (exact) mass is 810 g/mol. The van der Waals surface area contributed by atoms with Crippen LogP contribution >= 0.6 is 0 Å². The lowest BCUT2D eigenvalue weighted by Crippen LogP contribution is -2.51. The second kappa shape index (κ2) is 20.1. The number of nitrogens with one attached hydrogen (secondary N) is 1. The van der Waals surface area contributed by atoms with Crippen molar-refractivity contribution in [2.45, 2.75) is 164 Å². The van der Waals surface area contributed by atoms with E-state index in [1.165, 1.54) is 36.2 Å². The van der Waals surface area contributed by atoms with E-state index in [9.17, 15) is 14.4 Å². The molecule has 6 aliphatic rings. The SMILES string of the molecule is CCCCCCCOC(C)C1=C(C)C2C=C3NC(=C4C(=O)N(CCCCCC)C(=O)C5C4=NC(=C5C)C=C4N=C(CC1=N2)[C@H](C)[C@H]4CC)[C@@H](CCC(=O)OCCC)[C@@H]3C. The molecular formula is C49H71N5O5. The Balaban J connectivity index is 1.49. The molecule has 59 heavy (non-hydrogen) atoms. The maximum absolute atomic E-state index is 14.9. The van der Waals surface area contributed by atoms with Gasteiger partial charge in [0.25, 0.3) is 5.91 Å². The van der Waals surface area contributed by atoms with Gasteiger partial charge >= 0.3 is 5.97 Å². The van der Waals surface area contributed by atoms with Crippen molar-refractivity contribution in [3.63, 3.8) is 0 Å². The molecule has 0 saturated carbocycles. The van der Waals surface area contributed by atoms with Gasteiger partial charge < -0.3 is 14.8 Å². The van der Waals surface area contributed by atoms with Crippen molar-refractivity contribution in [1.29, 1.82) is 0 Å². The Hall–Kier alpha value is -3.92. The van der Waals surface area contributed by atoms with Crippen molar-refractivity contribution in [3.05, 3.63) is 57.2 Å². The number of amides is 2. The number of piperidine rings is 1. The molecule has 0 spiro atoms. The first kappa shape index (κ1) is 44.6. The lowest BCUT2D eigenvalue weighted by atomic mass is 9.80. The third-order valence-electron chi connectivity index (χ3n) is 13.6. The van der Waals surface area contributed by atoms with Crippen molar-refractivity contribution in [3.8, 4) is 0 Å². The van der Waals surface area contributed by atoms with E-state index in [0.29, 0.717) is 49.6 Å². The van der Waals surface area contributed by atoms with Crippen LogP contribution in [0.15, 0.2) is 72.2 Å². The van der Waals surface area contributed by atoms with E-state index in [-0.39, 0.29) is 60.0 Å². The average molecular weight is 810 g/mol. The molecule has 2 saturated heterocycles. The number of allylic oxidation sites excluding steroid dienone is 4. The van der Waals surface area contributed by atoms with Crippen LogP contribution in [0.3, 0.4) is 0 Å². The first-order valence-corrected chi connectivity index (χ1v) is 23.2. The molecule has 6 rings (SSSR count). The summed E-state index contributed by atoms with van der Waals surface area (Å²) in [6.45, 7) is 20.8. The van der Waals surface area contributed by atoms with E-state index in [2.05, 4.69) is 65.9 Å². The number of carbonyl (C=O) groups excluding carboxylic acids is 3. The molecular weight excluding hydrogens is 739 g/mol. The van der Waals surface area contributed by atoms with Gasteiger partial charge in [-0.2, -0.15) is 0 Å². The van der Waals surface area contributed by atoms with Crippen LogP contribution in [0.25, 0.3) is 0 Å². The van der Waals surface area contributed by atoms with E-state index < -0.39 is 5.92 Å². The zero-order valence-electron chi connectivity index (χ0n) is 37.5. The van der Waals surface area contributed by atoms with Crippen molar-refractivity contribution >= 4 is 34.9 Å². The van der Waals surface area contributed by atoms with Crippen molar-refractivity contribution in [2.75, 3.05) is 19.8 Å². The number of carbonyl (C=O) groups is 3. The zero-order valence-corrected chi connectivity index (χ0v) is 37.5. The van der Waals surface area contributed by atoms with Gasteiger partial charge in [-0.3, -0.25) is 34.3 Å². The van der Waals surface area contributed by atoms with E-state index in [1.54, 1.807) is 0 Å². The largest absolute Gasteiger partial charge is 0.466 e. The molecule has 3 unspecified atom stereocenters. The average Bonchev–Trinajstić information content (AvgIpc) is 3.90. The summed E-state index contributed by atoms with van der Waals surface area (Å²) in [6.07, 6.45) is 16.9. The van der Waals surface area contributed by atoms with Gasteiger partial charge in [0.1, 0.15) is 5.92 Å². The standard InChI is InChI=1S/C49H71N5O5/c1-10-14-16-18-20-25-58-33(9)43-31(7)38-26-37-30(6)35(21-22-42(55)59-24-12-3)46(52-37)45-47-44(48(56)54(49(45)57)23-19-17-15-11-2)32(8)39(53-47)27-40-34(13-4)29(5)36(50-40)28-41(43)51-38/h26-27,29-30,33-35,38,44,52H,10-25,28H2,1-9H3/t29-,30+,33?,34-,35+,38?,44?/m1/s1. The number of unbranched alkanes of at least 4 members (excludes halogenated alkanes) is 7. The van der Waals surface area contributed by atoms with Gasteiger partial charge in [0.05, 0.1) is 35.7 Å². The molecule has 10 heteroatoms. The first-order chi connectivity index (χ1) is 28.4. The molecule has 2 amide bonds. The van der Waals surface area contributed by atoms with E-state index in [0.717, 1.165) is 84.6 Å². The maximum atomic E-state index is 14.9. The van der Waals surface area contributed by atoms with E-state index in [1.807, 2.05) is 13.8 Å². The Bertz CT molecular complexity index is 1890. The minimum Gasteiger partial charge on any atom is -0.466 e. The summed E-state index contributed by atoms with van der Waals surface area (Å²) in [7, 11) is 0. The number of imide groups is 1. The van der Waals surface area contributed by atoms with Crippen LogP contribution in [-0.2, 0) is 23.9 Å². The number of fused-ring (bicyclic) bond motifs is 5. The van der Waals surface area contributed by atoms with Crippen molar-refractivity contribution < 1.29 is 23.9 Å². The molecule has 322 valence electrons. The van der Waals surface area contributed by atoms with Gasteiger partial charge in [-0.15, -0.1) is 0 Å². The van der Waals surface area contributed by atoms with Crippen LogP contribution in [0, 0.1) is 29.6 Å². The molecule has 6 heterocycles. The quantitative estimate of drug-likeness (QED) is 0.0788. The highest BCUT2D eigenvalue weighted by atomic mass is 16.5. The Morgan fingerprint density at radius 1 is 0.898 bits per heavy atom. The Kier molecular flexibility index (Phi) is 15.2. The predicted octanol–water partition coefficient (Wildman–Crippen LogP) is 9.93. The number of nitrogens with zero attached hydrogens (tertiary/aromatic N) is 4. The summed E-state index contributed by atoms with van der Waals surface area (Å²) in [5.74, 6) is -1.28. The molecule has 2 fully saturated rings. The van der Waals surface area contributed by atoms with Crippen LogP contribution in [-0.4, -0.2) is 71.7 Å². The molecule has 0 aromatic carbocycles. The molecule has 1 N–H and O–H groups in total. The first-order valence-electron chi connectivity index (χ1n) is 23.2. The van der Waals surface area contributed by atoms with Crippen LogP contribution in [0.4, 0.5) is 0 Å². The summed E-state index contributed by atoms with van der Waals surface area (Å²) in [5.41, 5.74) is 9.68.